The Morgan fingerprint density at radius 2 is 1.03 bits per heavy atom. The number of carboxylic acids is 4. The molecule has 4 unspecified atom stereocenters. The predicted molar refractivity (Wildman–Crippen MR) is 110 cm³/mol. The van der Waals surface area contributed by atoms with Gasteiger partial charge in [-0.15, -0.1) is 0 Å². The Morgan fingerprint density at radius 3 is 1.30 bits per heavy atom. The fraction of sp³-hybridized carbons (Fsp3) is 0.318. The number of carboxylic acid groups (broad SMARTS) is 4. The van der Waals surface area contributed by atoms with Gasteiger partial charge in [0.15, 0.2) is 5.78 Å². The van der Waals surface area contributed by atoms with Gasteiger partial charge < -0.3 is 60.0 Å². The van der Waals surface area contributed by atoms with Gasteiger partial charge in [-0.05, 0) is 37.6 Å². The molecule has 0 spiro atoms. The van der Waals surface area contributed by atoms with Crippen molar-refractivity contribution in [2.75, 3.05) is 0 Å². The SMILES string of the molecule is CC(C)(C(=O)c1cccnc1)c1cccnc1.O=C([O-])C(O)C(O)C(=O)[O-].O=C([O-])C(O)C(O)C(=O)[O-]. The number of carbonyl (C=O) groups excluding carboxylic acids is 5. The minimum atomic E-state index is -2.44. The molecular formula is C22H22N2O13-4. The van der Waals surface area contributed by atoms with E-state index in [2.05, 4.69) is 9.97 Å². The molecule has 0 amide bonds. The number of rotatable bonds is 9. The molecule has 0 bridgehead atoms. The van der Waals surface area contributed by atoms with Gasteiger partial charge in [-0.3, -0.25) is 14.8 Å². The summed E-state index contributed by atoms with van der Waals surface area (Å²) in [5.41, 5.74) is 0.951. The summed E-state index contributed by atoms with van der Waals surface area (Å²) >= 11 is 0. The van der Waals surface area contributed by atoms with Crippen LogP contribution in [0, 0.1) is 0 Å². The first-order valence-electron chi connectivity index (χ1n) is 9.96. The number of pyridine rings is 2. The summed E-state index contributed by atoms with van der Waals surface area (Å²) in [5, 5.41) is 71.5. The first-order valence-corrected chi connectivity index (χ1v) is 9.96. The highest BCUT2D eigenvalue weighted by molar-refractivity contribution is 6.03. The highest BCUT2D eigenvalue weighted by atomic mass is 16.4. The maximum absolute atomic E-state index is 12.4. The second-order valence-electron chi connectivity index (χ2n) is 7.49. The standard InChI is InChI=1S/C14H14N2O.2C4H6O6/c1-14(2,12-6-4-8-16-10-12)13(17)11-5-3-7-15-9-11;2*5-1(3(7)8)2(6)4(9)10/h3-10H,1-2H3;2*1-2,5-6H,(H,7,8)(H,9,10)/p-4. The van der Waals surface area contributed by atoms with Crippen molar-refractivity contribution >= 4 is 29.7 Å². The number of hydrogen-bond acceptors (Lipinski definition) is 15. The number of aromatic nitrogens is 2. The molecule has 0 saturated carbocycles. The number of aliphatic carboxylic acids is 4. The van der Waals surface area contributed by atoms with Crippen LogP contribution in [-0.4, -0.2) is 84.5 Å². The zero-order valence-electron chi connectivity index (χ0n) is 19.3. The van der Waals surface area contributed by atoms with E-state index in [1.807, 2.05) is 26.0 Å². The second-order valence-corrected chi connectivity index (χ2v) is 7.49. The Labute approximate surface area is 208 Å². The van der Waals surface area contributed by atoms with Gasteiger partial charge in [0, 0.05) is 30.4 Å². The first kappa shape index (κ1) is 32.7. The van der Waals surface area contributed by atoms with Crippen LogP contribution in [0.1, 0.15) is 29.8 Å². The van der Waals surface area contributed by atoms with Crippen LogP contribution in [0.2, 0.25) is 0 Å². The van der Waals surface area contributed by atoms with Crippen molar-refractivity contribution in [3.63, 3.8) is 0 Å². The third-order valence-corrected chi connectivity index (χ3v) is 4.44. The van der Waals surface area contributed by atoms with Gasteiger partial charge in [0.2, 0.25) is 0 Å². The van der Waals surface area contributed by atoms with Crippen LogP contribution in [0.4, 0.5) is 0 Å². The van der Waals surface area contributed by atoms with Crippen molar-refractivity contribution in [2.45, 2.75) is 43.7 Å². The molecule has 0 aromatic carbocycles. The van der Waals surface area contributed by atoms with Gasteiger partial charge in [-0.1, -0.05) is 6.07 Å². The molecule has 2 rings (SSSR count). The summed E-state index contributed by atoms with van der Waals surface area (Å²) in [6.07, 6.45) is -3.07. The molecule has 4 atom stereocenters. The van der Waals surface area contributed by atoms with E-state index in [9.17, 15) is 44.4 Å². The summed E-state index contributed by atoms with van der Waals surface area (Å²) in [4.78, 5) is 59.0. The summed E-state index contributed by atoms with van der Waals surface area (Å²) in [6, 6.07) is 7.31. The molecule has 15 nitrogen and oxygen atoms in total. The normalized spacial score (nSPS) is 13.7. The highest BCUT2D eigenvalue weighted by Gasteiger charge is 2.30. The number of hydrogen-bond donors (Lipinski definition) is 4. The molecule has 4 N–H and O–H groups in total. The molecule has 37 heavy (non-hydrogen) atoms. The molecule has 2 heterocycles. The average molecular weight is 522 g/mol. The monoisotopic (exact) mass is 522 g/mol. The Balaban J connectivity index is 0.000000564. The van der Waals surface area contributed by atoms with Gasteiger partial charge in [-0.25, -0.2) is 0 Å². The lowest BCUT2D eigenvalue weighted by molar-refractivity contribution is -0.333. The largest absolute Gasteiger partial charge is 0.547 e. The van der Waals surface area contributed by atoms with Crippen molar-refractivity contribution in [3.05, 3.63) is 60.2 Å². The lowest BCUT2D eigenvalue weighted by Gasteiger charge is -2.23. The van der Waals surface area contributed by atoms with Crippen LogP contribution in [0.3, 0.4) is 0 Å². The van der Waals surface area contributed by atoms with Gasteiger partial charge in [0.1, 0.15) is 24.4 Å². The number of nitrogens with zero attached hydrogens (tertiary/aromatic N) is 2. The van der Waals surface area contributed by atoms with Crippen LogP contribution >= 0.6 is 0 Å². The fourth-order valence-corrected chi connectivity index (χ4v) is 2.24. The number of Topliss-reactive ketones (excluding diaryl/α,β-unsaturated/α-hetero) is 1. The zero-order chi connectivity index (χ0) is 28.9. The molecule has 0 aliphatic heterocycles. The van der Waals surface area contributed by atoms with Crippen LogP contribution in [-0.2, 0) is 24.6 Å². The maximum atomic E-state index is 12.4. The van der Waals surface area contributed by atoms with Crippen molar-refractivity contribution in [1.29, 1.82) is 0 Å². The van der Waals surface area contributed by atoms with Crippen LogP contribution in [0.15, 0.2) is 49.1 Å². The fourth-order valence-electron chi connectivity index (χ4n) is 2.24. The van der Waals surface area contributed by atoms with Crippen LogP contribution < -0.4 is 20.4 Å². The number of carbonyl (C=O) groups is 5. The lowest BCUT2D eigenvalue weighted by Crippen LogP contribution is -2.51. The van der Waals surface area contributed by atoms with E-state index < -0.39 is 53.7 Å². The van der Waals surface area contributed by atoms with E-state index in [4.69, 9.17) is 20.4 Å². The van der Waals surface area contributed by atoms with Crippen molar-refractivity contribution in [3.8, 4) is 0 Å². The summed E-state index contributed by atoms with van der Waals surface area (Å²) in [6.45, 7) is 3.80. The van der Waals surface area contributed by atoms with E-state index >= 15 is 0 Å². The van der Waals surface area contributed by atoms with E-state index in [0.29, 0.717) is 5.56 Å². The zero-order valence-corrected chi connectivity index (χ0v) is 19.3. The summed E-state index contributed by atoms with van der Waals surface area (Å²) in [5.74, 6) is -8.18. The molecule has 0 aliphatic carbocycles. The second kappa shape index (κ2) is 14.9. The van der Waals surface area contributed by atoms with Crippen LogP contribution in [0.5, 0.6) is 0 Å². The van der Waals surface area contributed by atoms with Gasteiger partial charge in [0.05, 0.1) is 29.3 Å². The Morgan fingerprint density at radius 1 is 0.676 bits per heavy atom. The number of aliphatic hydroxyl groups excluding tert-OH is 4. The van der Waals surface area contributed by atoms with Crippen LogP contribution in [0.25, 0.3) is 0 Å². The predicted octanol–water partition coefficient (Wildman–Crippen LogP) is -6.95. The van der Waals surface area contributed by atoms with E-state index in [0.717, 1.165) is 5.56 Å². The quantitative estimate of drug-likeness (QED) is 0.222. The third kappa shape index (κ3) is 10.5. The minimum absolute atomic E-state index is 0.0543. The van der Waals surface area contributed by atoms with Crippen molar-refractivity contribution in [2.24, 2.45) is 0 Å². The van der Waals surface area contributed by atoms with Crippen molar-refractivity contribution in [1.82, 2.24) is 9.97 Å². The molecule has 0 fully saturated rings. The van der Waals surface area contributed by atoms with Gasteiger partial charge in [-0.2, -0.15) is 0 Å². The topological polar surface area (TPSA) is 284 Å². The molecule has 0 saturated heterocycles. The van der Waals surface area contributed by atoms with Gasteiger partial charge >= 0.3 is 0 Å². The Hall–Kier alpha value is -4.31. The molecule has 0 aliphatic rings. The highest BCUT2D eigenvalue weighted by Crippen LogP contribution is 2.26. The smallest absolute Gasteiger partial charge is 0.174 e. The molecule has 202 valence electrons. The van der Waals surface area contributed by atoms with Gasteiger partial charge in [0.25, 0.3) is 0 Å². The molecule has 0 radical (unpaired) electrons. The third-order valence-electron chi connectivity index (χ3n) is 4.44. The average Bonchev–Trinajstić information content (AvgIpc) is 2.87. The number of ketones is 1. The Kier molecular flexibility index (Phi) is 13.2. The van der Waals surface area contributed by atoms with E-state index in [-0.39, 0.29) is 5.78 Å². The Bertz CT molecular complexity index is 989. The molecule has 15 heteroatoms. The maximum Gasteiger partial charge on any atom is 0.174 e. The minimum Gasteiger partial charge on any atom is -0.547 e. The van der Waals surface area contributed by atoms with E-state index in [1.165, 1.54) is 0 Å². The molecule has 2 aromatic rings. The molecule has 2 aromatic heterocycles. The number of aliphatic hydroxyl groups is 4. The van der Waals surface area contributed by atoms with Crippen molar-refractivity contribution < 1.29 is 64.8 Å². The first-order chi connectivity index (χ1) is 17.0. The molecular weight excluding hydrogens is 500 g/mol. The summed E-state index contributed by atoms with van der Waals surface area (Å²) in [7, 11) is 0. The lowest BCUT2D eigenvalue weighted by atomic mass is 9.79. The summed E-state index contributed by atoms with van der Waals surface area (Å²) < 4.78 is 0. The van der Waals surface area contributed by atoms with E-state index in [1.54, 1.807) is 36.9 Å².